The lowest BCUT2D eigenvalue weighted by atomic mass is 9.71. The van der Waals surface area contributed by atoms with Crippen molar-refractivity contribution >= 4 is 7.05 Å². The van der Waals surface area contributed by atoms with Crippen LogP contribution in [0.2, 0.25) is 6.82 Å². The van der Waals surface area contributed by atoms with Gasteiger partial charge in [-0.1, -0.05) is 6.42 Å². The molecule has 0 aliphatic carbocycles. The van der Waals surface area contributed by atoms with Crippen molar-refractivity contribution in [3.05, 3.63) is 49.1 Å². The molecule has 5 rings (SSSR count). The van der Waals surface area contributed by atoms with E-state index in [0.29, 0.717) is 24.3 Å². The Morgan fingerprint density at radius 2 is 2.09 bits per heavy atom. The maximum atomic E-state index is 15.3. The van der Waals surface area contributed by atoms with Gasteiger partial charge in [-0.2, -0.15) is 0 Å². The van der Waals surface area contributed by atoms with Crippen LogP contribution in [0.5, 0.6) is 11.6 Å². The van der Waals surface area contributed by atoms with Crippen molar-refractivity contribution in [3.8, 4) is 28.6 Å². The second-order valence-corrected chi connectivity index (χ2v) is 9.03. The molecule has 4 heterocycles. The third kappa shape index (κ3) is 4.89. The summed E-state index contributed by atoms with van der Waals surface area (Å²) in [6.45, 7) is 1.79. The van der Waals surface area contributed by atoms with Gasteiger partial charge in [0.25, 0.3) is 0 Å². The van der Waals surface area contributed by atoms with Crippen molar-refractivity contribution in [2.24, 2.45) is 0 Å². The number of ether oxygens (including phenoxy) is 3. The molecule has 11 heteroatoms. The molecule has 3 aromatic rings. The summed E-state index contributed by atoms with van der Waals surface area (Å²) in [5.74, 6) is 0.863. The second-order valence-electron chi connectivity index (χ2n) is 9.03. The summed E-state index contributed by atoms with van der Waals surface area (Å²) in [7, 11) is 0.891. The van der Waals surface area contributed by atoms with Crippen LogP contribution in [0.4, 0.5) is 4.39 Å². The van der Waals surface area contributed by atoms with E-state index in [1.54, 1.807) is 38.6 Å². The van der Waals surface area contributed by atoms with Gasteiger partial charge in [-0.25, -0.2) is 9.37 Å². The summed E-state index contributed by atoms with van der Waals surface area (Å²) in [6.07, 6.45) is 6.56. The van der Waals surface area contributed by atoms with E-state index in [2.05, 4.69) is 15.2 Å². The van der Waals surface area contributed by atoms with Crippen molar-refractivity contribution in [2.45, 2.75) is 56.9 Å². The molecule has 2 fully saturated rings. The molecule has 35 heavy (non-hydrogen) atoms. The summed E-state index contributed by atoms with van der Waals surface area (Å²) in [6, 6.07) is 8.97. The lowest BCUT2D eigenvalue weighted by molar-refractivity contribution is -0.0454. The predicted octanol–water partition coefficient (Wildman–Crippen LogP) is 3.13. The highest BCUT2D eigenvalue weighted by molar-refractivity contribution is 6.45. The number of aromatic nitrogens is 4. The summed E-state index contributed by atoms with van der Waals surface area (Å²) in [5, 5.41) is 18.7. The van der Waals surface area contributed by atoms with Crippen LogP contribution in [0.1, 0.15) is 25.7 Å². The van der Waals surface area contributed by atoms with E-state index >= 15 is 4.39 Å². The zero-order valence-electron chi connectivity index (χ0n) is 19.8. The minimum atomic E-state index is -1.20. The van der Waals surface area contributed by atoms with Crippen molar-refractivity contribution in [1.82, 2.24) is 24.6 Å². The average Bonchev–Trinajstić information content (AvgIpc) is 3.41. The molecule has 0 saturated carbocycles. The average molecular weight is 481 g/mol. The summed E-state index contributed by atoms with van der Waals surface area (Å²) >= 11 is 0. The van der Waals surface area contributed by atoms with Gasteiger partial charge in [-0.15, -0.1) is 10.2 Å². The second kappa shape index (κ2) is 10.3. The number of methoxy groups -OCH3 is 1. The van der Waals surface area contributed by atoms with Gasteiger partial charge in [-0.05, 0) is 37.9 Å². The van der Waals surface area contributed by atoms with Gasteiger partial charge in [0.15, 0.2) is 13.0 Å². The van der Waals surface area contributed by atoms with Gasteiger partial charge in [0.05, 0.1) is 17.7 Å². The lowest BCUT2D eigenvalue weighted by Crippen LogP contribution is -2.64. The highest BCUT2D eigenvalue weighted by Gasteiger charge is 2.48. The van der Waals surface area contributed by atoms with Gasteiger partial charge < -0.3 is 28.6 Å². The highest BCUT2D eigenvalue weighted by atomic mass is 19.1. The fourth-order valence-corrected chi connectivity index (χ4v) is 5.25. The maximum Gasteiger partial charge on any atom is 0.376 e. The lowest BCUT2D eigenvalue weighted by Gasteiger charge is -2.50. The Labute approximate surface area is 204 Å². The van der Waals surface area contributed by atoms with E-state index in [9.17, 15) is 5.02 Å². The van der Waals surface area contributed by atoms with Gasteiger partial charge in [0, 0.05) is 55.7 Å². The molecule has 2 aliphatic rings. The fraction of sp³-hybridized carbons (Fsp3) is 0.458. The van der Waals surface area contributed by atoms with Crippen LogP contribution < -0.4 is 9.47 Å². The number of alkyl halides is 1. The van der Waals surface area contributed by atoms with Crippen molar-refractivity contribution < 1.29 is 23.6 Å². The first kappa shape index (κ1) is 23.7. The SMILES string of the molecule is COCOc1cc(-n2ccnc2)ccc1-c1ccc(O[C@@H]2CC3CCCC([C@H]2F)N3B(C)O)nn1. The Balaban J connectivity index is 1.34. The number of rotatable bonds is 8. The molecule has 9 nitrogen and oxygen atoms in total. The third-order valence-corrected chi connectivity index (χ3v) is 6.79. The van der Waals surface area contributed by atoms with Crippen LogP contribution in [0, 0.1) is 0 Å². The molecule has 2 unspecified atom stereocenters. The van der Waals surface area contributed by atoms with Crippen molar-refractivity contribution in [3.63, 3.8) is 0 Å². The number of benzene rings is 1. The van der Waals surface area contributed by atoms with E-state index < -0.39 is 19.3 Å². The molecule has 2 saturated heterocycles. The molecule has 0 amide bonds. The van der Waals surface area contributed by atoms with Crippen molar-refractivity contribution in [1.29, 1.82) is 0 Å². The van der Waals surface area contributed by atoms with Crippen LogP contribution in [-0.2, 0) is 4.74 Å². The first-order chi connectivity index (χ1) is 17.0. The van der Waals surface area contributed by atoms with E-state index in [-0.39, 0.29) is 24.8 Å². The summed E-state index contributed by atoms with van der Waals surface area (Å²) in [5.41, 5.74) is 2.22. The van der Waals surface area contributed by atoms with Crippen LogP contribution in [0.25, 0.3) is 16.9 Å². The highest BCUT2D eigenvalue weighted by Crippen LogP contribution is 2.38. The monoisotopic (exact) mass is 481 g/mol. The first-order valence-corrected chi connectivity index (χ1v) is 11.9. The zero-order valence-corrected chi connectivity index (χ0v) is 19.8. The predicted molar refractivity (Wildman–Crippen MR) is 128 cm³/mol. The number of fused-ring (bicyclic) bond motifs is 2. The maximum absolute atomic E-state index is 15.3. The molecule has 184 valence electrons. The molecule has 2 bridgehead atoms. The molecular formula is C24H29BFN5O4. The van der Waals surface area contributed by atoms with Gasteiger partial charge >= 0.3 is 7.05 Å². The standard InChI is InChI=1S/C24H29BFN5O4/c1-25(32)31-17-4-3-5-20(31)24(26)22(13-17)35-23-9-8-19(28-29-23)18-7-6-16(30-11-10-27-14-30)12-21(18)34-15-33-2/h6-12,14,17,20,22,24,32H,3-5,13,15H2,1-2H3/t17?,20?,22-,24-/m1/s1. The summed E-state index contributed by atoms with van der Waals surface area (Å²) in [4.78, 5) is 5.98. The molecule has 2 aliphatic heterocycles. The Bertz CT molecular complexity index is 1120. The first-order valence-electron chi connectivity index (χ1n) is 11.9. The topological polar surface area (TPSA) is 94.8 Å². The molecular weight excluding hydrogens is 452 g/mol. The third-order valence-electron chi connectivity index (χ3n) is 6.79. The number of imidazole rings is 1. The van der Waals surface area contributed by atoms with E-state index in [1.807, 2.05) is 33.8 Å². The molecule has 2 aromatic heterocycles. The normalized spacial score (nSPS) is 24.2. The Morgan fingerprint density at radius 3 is 2.80 bits per heavy atom. The number of hydrogen-bond acceptors (Lipinski definition) is 8. The minimum absolute atomic E-state index is 0.0837. The van der Waals surface area contributed by atoms with Crippen molar-refractivity contribution in [2.75, 3.05) is 13.9 Å². The number of halogens is 1. The Kier molecular flexibility index (Phi) is 6.98. The zero-order chi connectivity index (χ0) is 24.4. The molecule has 0 radical (unpaired) electrons. The van der Waals surface area contributed by atoms with Gasteiger partial charge in [-0.3, -0.25) is 0 Å². The van der Waals surface area contributed by atoms with Crippen LogP contribution >= 0.6 is 0 Å². The van der Waals surface area contributed by atoms with Crippen LogP contribution in [-0.4, -0.2) is 74.9 Å². The van der Waals surface area contributed by atoms with Crippen LogP contribution in [0.3, 0.4) is 0 Å². The van der Waals surface area contributed by atoms with E-state index in [0.717, 1.165) is 24.1 Å². The number of nitrogens with zero attached hydrogens (tertiary/aromatic N) is 5. The molecule has 4 atom stereocenters. The molecule has 0 spiro atoms. The summed E-state index contributed by atoms with van der Waals surface area (Å²) < 4.78 is 34.0. The molecule has 1 N–H and O–H groups in total. The smallest absolute Gasteiger partial charge is 0.376 e. The minimum Gasteiger partial charge on any atom is -0.470 e. The van der Waals surface area contributed by atoms with E-state index in [4.69, 9.17) is 14.2 Å². The number of hydrogen-bond donors (Lipinski definition) is 1. The van der Waals surface area contributed by atoms with Gasteiger partial charge in [0.2, 0.25) is 5.88 Å². The molecule has 1 aromatic carbocycles. The Hall–Kier alpha value is -3.02. The largest absolute Gasteiger partial charge is 0.470 e. The van der Waals surface area contributed by atoms with Crippen LogP contribution in [0.15, 0.2) is 49.1 Å². The van der Waals surface area contributed by atoms with E-state index in [1.165, 1.54) is 0 Å². The quantitative estimate of drug-likeness (QED) is 0.388. The Morgan fingerprint density at radius 1 is 1.20 bits per heavy atom. The van der Waals surface area contributed by atoms with Gasteiger partial charge in [0.1, 0.15) is 11.9 Å². The number of piperidine rings is 2. The fourth-order valence-electron chi connectivity index (χ4n) is 5.25.